The van der Waals surface area contributed by atoms with Crippen LogP contribution in [0.4, 0.5) is 18.9 Å². The van der Waals surface area contributed by atoms with Crippen LogP contribution in [0.15, 0.2) is 42.5 Å². The van der Waals surface area contributed by atoms with Gasteiger partial charge >= 0.3 is 6.18 Å². The quantitative estimate of drug-likeness (QED) is 0.760. The lowest BCUT2D eigenvalue weighted by Crippen LogP contribution is -2.32. The second kappa shape index (κ2) is 8.03. The van der Waals surface area contributed by atoms with Gasteiger partial charge < -0.3 is 10.1 Å². The van der Waals surface area contributed by atoms with Crippen molar-refractivity contribution in [3.8, 4) is 5.75 Å². The molecule has 27 heavy (non-hydrogen) atoms. The largest absolute Gasteiger partial charge is 0.481 e. The summed E-state index contributed by atoms with van der Waals surface area (Å²) in [4.78, 5) is 12.5. The van der Waals surface area contributed by atoms with Crippen LogP contribution in [0.25, 0.3) is 0 Å². The van der Waals surface area contributed by atoms with Gasteiger partial charge in [0.25, 0.3) is 5.91 Å². The topological polar surface area (TPSA) is 38.3 Å². The van der Waals surface area contributed by atoms with E-state index in [-0.39, 0.29) is 5.91 Å². The molecule has 3 nitrogen and oxygen atoms in total. The third-order valence-electron chi connectivity index (χ3n) is 4.74. The molecular weight excluding hydrogens is 355 g/mol. The fourth-order valence-corrected chi connectivity index (χ4v) is 3.23. The smallest absolute Gasteiger partial charge is 0.416 e. The first-order chi connectivity index (χ1) is 12.9. The summed E-state index contributed by atoms with van der Waals surface area (Å²) in [6.07, 6.45) is -0.230. The number of hydrogen-bond acceptors (Lipinski definition) is 2. The van der Waals surface area contributed by atoms with Gasteiger partial charge in [0.05, 0.1) is 5.56 Å². The molecule has 2 aromatic rings. The molecule has 1 amide bonds. The number of hydrogen-bond donors (Lipinski definition) is 1. The molecule has 0 saturated heterocycles. The Kier molecular flexibility index (Phi) is 5.73. The van der Waals surface area contributed by atoms with Gasteiger partial charge in [-0.25, -0.2) is 0 Å². The second-order valence-corrected chi connectivity index (χ2v) is 6.72. The molecule has 0 aliphatic heterocycles. The van der Waals surface area contributed by atoms with Gasteiger partial charge in [0, 0.05) is 5.69 Å². The predicted octanol–water partition coefficient (Wildman–Crippen LogP) is 5.38. The van der Waals surface area contributed by atoms with Crippen LogP contribution in [0.5, 0.6) is 5.75 Å². The summed E-state index contributed by atoms with van der Waals surface area (Å²) >= 11 is 0. The van der Waals surface area contributed by atoms with E-state index in [4.69, 9.17) is 4.74 Å². The number of ether oxygens (including phenoxy) is 1. The van der Waals surface area contributed by atoms with Crippen LogP contribution in [0.1, 0.15) is 42.9 Å². The van der Waals surface area contributed by atoms with Gasteiger partial charge in [-0.2, -0.15) is 13.2 Å². The molecule has 0 heterocycles. The summed E-state index contributed by atoms with van der Waals surface area (Å²) in [5.74, 6) is 0.264. The summed E-state index contributed by atoms with van der Waals surface area (Å²) < 4.78 is 43.7. The van der Waals surface area contributed by atoms with Crippen LogP contribution in [-0.2, 0) is 23.8 Å². The fraction of sp³-hybridized carbons (Fsp3) is 0.381. The zero-order valence-corrected chi connectivity index (χ0v) is 15.1. The Hall–Kier alpha value is -2.50. The molecule has 0 bridgehead atoms. The van der Waals surface area contributed by atoms with Crippen LogP contribution in [-0.4, -0.2) is 12.0 Å². The molecule has 1 N–H and O–H groups in total. The third kappa shape index (κ3) is 4.81. The number of benzene rings is 2. The molecule has 0 saturated carbocycles. The van der Waals surface area contributed by atoms with E-state index in [2.05, 4.69) is 5.32 Å². The average molecular weight is 377 g/mol. The third-order valence-corrected chi connectivity index (χ3v) is 4.74. The van der Waals surface area contributed by atoms with Crippen molar-refractivity contribution in [3.63, 3.8) is 0 Å². The number of anilines is 1. The number of halogens is 3. The van der Waals surface area contributed by atoms with Crippen LogP contribution >= 0.6 is 0 Å². The molecule has 0 fully saturated rings. The highest BCUT2D eigenvalue weighted by Gasteiger charge is 2.30. The number of carbonyl (C=O) groups is 1. The van der Waals surface area contributed by atoms with E-state index in [1.807, 2.05) is 25.1 Å². The second-order valence-electron chi connectivity index (χ2n) is 6.72. The van der Waals surface area contributed by atoms with Crippen molar-refractivity contribution < 1.29 is 22.7 Å². The molecular formula is C21H22F3NO2. The maximum atomic E-state index is 12.6. The van der Waals surface area contributed by atoms with Gasteiger partial charge in [-0.15, -0.1) is 0 Å². The van der Waals surface area contributed by atoms with Gasteiger partial charge in [0.2, 0.25) is 0 Å². The van der Waals surface area contributed by atoms with E-state index < -0.39 is 17.8 Å². The normalized spacial score (nSPS) is 15.0. The van der Waals surface area contributed by atoms with Gasteiger partial charge in [-0.3, -0.25) is 4.79 Å². The van der Waals surface area contributed by atoms with E-state index in [9.17, 15) is 18.0 Å². The van der Waals surface area contributed by atoms with Crippen molar-refractivity contribution in [2.75, 3.05) is 5.32 Å². The van der Waals surface area contributed by atoms with Crippen molar-refractivity contribution in [2.24, 2.45) is 0 Å². The van der Waals surface area contributed by atoms with Crippen LogP contribution in [0.3, 0.4) is 0 Å². The number of rotatable bonds is 5. The Labute approximate surface area is 156 Å². The lowest BCUT2D eigenvalue weighted by Gasteiger charge is -2.20. The summed E-state index contributed by atoms with van der Waals surface area (Å²) in [7, 11) is 0. The molecule has 6 heteroatoms. The predicted molar refractivity (Wildman–Crippen MR) is 97.9 cm³/mol. The molecule has 1 aliphatic carbocycles. The van der Waals surface area contributed by atoms with E-state index >= 15 is 0 Å². The number of fused-ring (bicyclic) bond motifs is 1. The zero-order chi connectivity index (χ0) is 19.4. The average Bonchev–Trinajstić information content (AvgIpc) is 2.65. The van der Waals surface area contributed by atoms with E-state index in [0.29, 0.717) is 17.9 Å². The first-order valence-electron chi connectivity index (χ1n) is 9.13. The highest BCUT2D eigenvalue weighted by Crippen LogP contribution is 2.30. The Bertz CT molecular complexity index is 800. The highest BCUT2D eigenvalue weighted by molar-refractivity contribution is 5.94. The number of aryl methyl sites for hydroxylation is 2. The number of amides is 1. The number of alkyl halides is 3. The molecule has 0 unspecified atom stereocenters. The maximum absolute atomic E-state index is 12.6. The minimum absolute atomic E-state index is 0.306. The SMILES string of the molecule is CC[C@H](Oc1ccc2c(c1)CCCC2)C(=O)Nc1ccc(C(F)(F)F)cc1. The van der Waals surface area contributed by atoms with Crippen LogP contribution in [0.2, 0.25) is 0 Å². The Balaban J connectivity index is 1.65. The Morgan fingerprint density at radius 3 is 2.37 bits per heavy atom. The Morgan fingerprint density at radius 2 is 1.74 bits per heavy atom. The first kappa shape index (κ1) is 19.3. The molecule has 0 aromatic heterocycles. The van der Waals surface area contributed by atoms with E-state index in [1.165, 1.54) is 29.7 Å². The van der Waals surface area contributed by atoms with Gasteiger partial charge in [-0.1, -0.05) is 13.0 Å². The van der Waals surface area contributed by atoms with Crippen molar-refractivity contribution in [1.29, 1.82) is 0 Å². The standard InChI is InChI=1S/C21H22F3NO2/c1-2-19(27-18-12-7-14-5-3-4-6-15(14)13-18)20(26)25-17-10-8-16(9-11-17)21(22,23)24/h7-13,19H,2-6H2,1H3,(H,25,26)/t19-/m0/s1. The summed E-state index contributed by atoms with van der Waals surface area (Å²) in [5, 5.41) is 2.62. The highest BCUT2D eigenvalue weighted by atomic mass is 19.4. The van der Waals surface area contributed by atoms with Crippen molar-refractivity contribution in [2.45, 2.75) is 51.3 Å². The van der Waals surface area contributed by atoms with Crippen molar-refractivity contribution in [1.82, 2.24) is 0 Å². The molecule has 3 rings (SSSR count). The van der Waals surface area contributed by atoms with E-state index in [1.54, 1.807) is 0 Å². The maximum Gasteiger partial charge on any atom is 0.416 e. The van der Waals surface area contributed by atoms with Gasteiger partial charge in [-0.05, 0) is 79.6 Å². The lowest BCUT2D eigenvalue weighted by atomic mass is 9.92. The van der Waals surface area contributed by atoms with Crippen LogP contribution < -0.4 is 10.1 Å². The minimum Gasteiger partial charge on any atom is -0.481 e. The van der Waals surface area contributed by atoms with Crippen molar-refractivity contribution >= 4 is 11.6 Å². The van der Waals surface area contributed by atoms with Gasteiger partial charge in [0.1, 0.15) is 5.75 Å². The van der Waals surface area contributed by atoms with E-state index in [0.717, 1.165) is 31.4 Å². The van der Waals surface area contributed by atoms with Crippen LogP contribution in [0, 0.1) is 0 Å². The molecule has 0 spiro atoms. The van der Waals surface area contributed by atoms with Crippen molar-refractivity contribution in [3.05, 3.63) is 59.2 Å². The lowest BCUT2D eigenvalue weighted by molar-refractivity contribution is -0.137. The number of nitrogens with one attached hydrogen (secondary N) is 1. The fourth-order valence-electron chi connectivity index (χ4n) is 3.23. The van der Waals surface area contributed by atoms with Gasteiger partial charge in [0.15, 0.2) is 6.10 Å². The first-order valence-corrected chi connectivity index (χ1v) is 9.13. The molecule has 1 atom stereocenters. The minimum atomic E-state index is -4.40. The summed E-state index contributed by atoms with van der Waals surface area (Å²) in [5.41, 5.74) is 2.14. The molecule has 2 aromatic carbocycles. The monoisotopic (exact) mass is 377 g/mol. The molecule has 1 aliphatic rings. The summed E-state index contributed by atoms with van der Waals surface area (Å²) in [6.45, 7) is 1.83. The molecule has 0 radical (unpaired) electrons. The Morgan fingerprint density at radius 1 is 1.07 bits per heavy atom. The number of carbonyl (C=O) groups excluding carboxylic acids is 1. The zero-order valence-electron chi connectivity index (χ0n) is 15.1. The molecule has 144 valence electrons. The summed E-state index contributed by atoms with van der Waals surface area (Å²) in [6, 6.07) is 10.3.